The minimum atomic E-state index is -0.408. The number of fused-ring (bicyclic) bond motifs is 1. The number of benzene rings is 1. The molecule has 154 valence electrons. The fraction of sp³-hybridized carbons (Fsp3) is 0.591. The van der Waals surface area contributed by atoms with E-state index in [1.165, 1.54) is 38.5 Å². The van der Waals surface area contributed by atoms with E-state index in [0.29, 0.717) is 23.9 Å². The van der Waals surface area contributed by atoms with Crippen molar-refractivity contribution in [2.24, 2.45) is 0 Å². The Morgan fingerprint density at radius 2 is 1.57 bits per heavy atom. The van der Waals surface area contributed by atoms with Crippen molar-refractivity contribution >= 4 is 16.8 Å². The van der Waals surface area contributed by atoms with E-state index < -0.39 is 5.63 Å². The highest BCUT2D eigenvalue weighted by atomic mass is 16.6. The summed E-state index contributed by atoms with van der Waals surface area (Å²) in [7, 11) is 1.69. The van der Waals surface area contributed by atoms with Gasteiger partial charge in [0.25, 0.3) is 0 Å². The van der Waals surface area contributed by atoms with E-state index in [9.17, 15) is 9.59 Å². The van der Waals surface area contributed by atoms with Gasteiger partial charge in [0.2, 0.25) is 5.91 Å². The molecule has 0 aliphatic carbocycles. The summed E-state index contributed by atoms with van der Waals surface area (Å²) < 4.78 is 10.6. The third kappa shape index (κ3) is 8.11. The molecule has 0 atom stereocenters. The number of nitrogens with one attached hydrogen (secondary N) is 1. The number of carbonyl (C=O) groups excluding carboxylic acids is 1. The first-order valence-corrected chi connectivity index (χ1v) is 10.4. The number of rotatable bonds is 14. The van der Waals surface area contributed by atoms with E-state index in [4.69, 9.17) is 9.15 Å². The fourth-order valence-corrected chi connectivity index (χ4v) is 3.15. The van der Waals surface area contributed by atoms with Crippen molar-refractivity contribution in [3.05, 3.63) is 34.7 Å². The molecule has 0 bridgehead atoms. The Bertz CT molecular complexity index is 772. The Balaban J connectivity index is 1.45. The minimum absolute atomic E-state index is 0.0557. The molecule has 0 spiro atoms. The summed E-state index contributed by atoms with van der Waals surface area (Å²) in [5, 5.41) is 3.13. The molecule has 0 saturated heterocycles. The Labute approximate surface area is 166 Å². The second kappa shape index (κ2) is 12.9. The second-order valence-electron chi connectivity index (χ2n) is 7.09. The van der Waals surface area contributed by atoms with Crippen molar-refractivity contribution in [1.82, 2.24) is 10.3 Å². The van der Waals surface area contributed by atoms with Gasteiger partial charge in [-0.05, 0) is 25.0 Å². The third-order valence-electron chi connectivity index (χ3n) is 4.82. The summed E-state index contributed by atoms with van der Waals surface area (Å²) in [6.45, 7) is 0.514. The number of hydrogen-bond donors (Lipinski definition) is 1. The maximum Gasteiger partial charge on any atom is 0.397 e. The lowest BCUT2D eigenvalue weighted by molar-refractivity contribution is -0.120. The van der Waals surface area contributed by atoms with Crippen LogP contribution in [0.15, 0.2) is 33.5 Å². The maximum atomic E-state index is 11.9. The number of nitrogens with zero attached hydrogens (tertiary/aromatic N) is 1. The van der Waals surface area contributed by atoms with Crippen molar-refractivity contribution in [3.63, 3.8) is 0 Å². The van der Waals surface area contributed by atoms with Crippen molar-refractivity contribution < 1.29 is 13.9 Å². The number of hydrogen-bond acceptors (Lipinski definition) is 5. The molecule has 1 aromatic carbocycles. The van der Waals surface area contributed by atoms with E-state index >= 15 is 0 Å². The molecule has 0 radical (unpaired) electrons. The summed E-state index contributed by atoms with van der Waals surface area (Å²) in [5.74, 6) is 0.141. The van der Waals surface area contributed by atoms with Gasteiger partial charge in [0.1, 0.15) is 0 Å². The van der Waals surface area contributed by atoms with Gasteiger partial charge in [-0.15, -0.1) is 0 Å². The summed E-state index contributed by atoms with van der Waals surface area (Å²) in [4.78, 5) is 27.2. The van der Waals surface area contributed by atoms with Gasteiger partial charge in [-0.1, -0.05) is 63.5 Å². The average molecular weight is 389 g/mol. The predicted molar refractivity (Wildman–Crippen MR) is 111 cm³/mol. The van der Waals surface area contributed by atoms with Gasteiger partial charge in [0.15, 0.2) is 0 Å². The van der Waals surface area contributed by atoms with Gasteiger partial charge < -0.3 is 14.5 Å². The topological polar surface area (TPSA) is 81.4 Å². The lowest BCUT2D eigenvalue weighted by atomic mass is 10.1. The zero-order valence-electron chi connectivity index (χ0n) is 16.9. The van der Waals surface area contributed by atoms with Gasteiger partial charge in [0.05, 0.1) is 17.5 Å². The van der Waals surface area contributed by atoms with Gasteiger partial charge >= 0.3 is 11.7 Å². The Morgan fingerprint density at radius 3 is 2.25 bits per heavy atom. The van der Waals surface area contributed by atoms with Crippen LogP contribution in [0.4, 0.5) is 0 Å². The molecule has 0 aliphatic heterocycles. The first kappa shape index (κ1) is 21.9. The van der Waals surface area contributed by atoms with Crippen LogP contribution < -0.4 is 15.7 Å². The van der Waals surface area contributed by atoms with Crippen LogP contribution in [0.2, 0.25) is 0 Å². The third-order valence-corrected chi connectivity index (χ3v) is 4.82. The molecule has 2 aromatic rings. The summed E-state index contributed by atoms with van der Waals surface area (Å²) in [6, 6.07) is 7.10. The summed E-state index contributed by atoms with van der Waals surface area (Å²) in [6.07, 6.45) is 12.3. The highest BCUT2D eigenvalue weighted by molar-refractivity contribution is 5.76. The number of ether oxygens (including phenoxy) is 1. The van der Waals surface area contributed by atoms with Gasteiger partial charge in [-0.3, -0.25) is 4.79 Å². The smallest absolute Gasteiger partial charge is 0.397 e. The average Bonchev–Trinajstić information content (AvgIpc) is 2.71. The summed E-state index contributed by atoms with van der Waals surface area (Å²) in [5.41, 5.74) is 0.191. The van der Waals surface area contributed by atoms with E-state index in [-0.39, 0.29) is 12.0 Å². The molecule has 1 aromatic heterocycles. The second-order valence-corrected chi connectivity index (χ2v) is 7.09. The van der Waals surface area contributed by atoms with Crippen molar-refractivity contribution in [3.8, 4) is 6.08 Å². The summed E-state index contributed by atoms with van der Waals surface area (Å²) >= 11 is 0. The number of para-hydroxylation sites is 1. The zero-order valence-corrected chi connectivity index (χ0v) is 16.9. The van der Waals surface area contributed by atoms with Crippen LogP contribution in [0.25, 0.3) is 10.9 Å². The fourth-order valence-electron chi connectivity index (χ4n) is 3.15. The molecule has 1 heterocycles. The van der Waals surface area contributed by atoms with Crippen LogP contribution >= 0.6 is 0 Å². The molecular weight excluding hydrogens is 356 g/mol. The normalized spacial score (nSPS) is 10.9. The first-order chi connectivity index (χ1) is 13.7. The Kier molecular flexibility index (Phi) is 10.1. The van der Waals surface area contributed by atoms with E-state index in [1.54, 1.807) is 25.2 Å². The van der Waals surface area contributed by atoms with E-state index in [0.717, 1.165) is 25.7 Å². The van der Waals surface area contributed by atoms with Gasteiger partial charge in [-0.2, -0.15) is 4.98 Å². The highest BCUT2D eigenvalue weighted by Crippen LogP contribution is 2.14. The van der Waals surface area contributed by atoms with Gasteiger partial charge in [-0.25, -0.2) is 4.79 Å². The monoisotopic (exact) mass is 388 g/mol. The number of aromatic nitrogens is 1. The lowest BCUT2D eigenvalue weighted by Crippen LogP contribution is -2.16. The van der Waals surface area contributed by atoms with Crippen LogP contribution in [-0.4, -0.2) is 24.5 Å². The molecule has 6 nitrogen and oxygen atoms in total. The van der Waals surface area contributed by atoms with Crippen LogP contribution in [0.5, 0.6) is 6.08 Å². The largest absolute Gasteiger partial charge is 0.450 e. The molecule has 0 aliphatic rings. The highest BCUT2D eigenvalue weighted by Gasteiger charge is 2.06. The molecule has 0 saturated carbocycles. The molecule has 0 fully saturated rings. The predicted octanol–water partition coefficient (Wildman–Crippen LogP) is 4.60. The molecule has 2 rings (SSSR count). The standard InChI is InChI=1S/C22H32N2O4/c1-23-20(25)16-10-8-6-4-2-3-5-7-9-13-17-27-22-24-19-15-12-11-14-18(19)21(26)28-22/h11-12,14-15H,2-10,13,16-17H2,1H3,(H,23,25). The Hall–Kier alpha value is -2.37. The van der Waals surface area contributed by atoms with Crippen LogP contribution in [0.1, 0.15) is 70.6 Å². The molecule has 6 heteroatoms. The molecule has 0 unspecified atom stereocenters. The minimum Gasteiger partial charge on any atom is -0.450 e. The maximum absolute atomic E-state index is 11.9. The molecule has 1 N–H and O–H groups in total. The van der Waals surface area contributed by atoms with Crippen LogP contribution in [0, 0.1) is 0 Å². The van der Waals surface area contributed by atoms with Gasteiger partial charge in [0, 0.05) is 13.5 Å². The number of amides is 1. The molecular formula is C22H32N2O4. The molecule has 28 heavy (non-hydrogen) atoms. The van der Waals surface area contributed by atoms with Crippen molar-refractivity contribution in [1.29, 1.82) is 0 Å². The zero-order chi connectivity index (χ0) is 20.0. The quantitative estimate of drug-likeness (QED) is 0.478. The number of carbonyl (C=O) groups is 1. The van der Waals surface area contributed by atoms with Crippen LogP contribution in [-0.2, 0) is 4.79 Å². The van der Waals surface area contributed by atoms with E-state index in [1.807, 2.05) is 6.07 Å². The SMILES string of the molecule is CNC(=O)CCCCCCCCCCCCOc1nc2ccccc2c(=O)o1. The van der Waals surface area contributed by atoms with Crippen molar-refractivity contribution in [2.45, 2.75) is 70.6 Å². The lowest BCUT2D eigenvalue weighted by Gasteiger charge is -2.05. The first-order valence-electron chi connectivity index (χ1n) is 10.4. The van der Waals surface area contributed by atoms with E-state index in [2.05, 4.69) is 10.3 Å². The number of unbranched alkanes of at least 4 members (excludes halogenated alkanes) is 9. The molecule has 1 amide bonds. The Morgan fingerprint density at radius 1 is 0.964 bits per heavy atom. The van der Waals surface area contributed by atoms with Crippen molar-refractivity contribution in [2.75, 3.05) is 13.7 Å². The van der Waals surface area contributed by atoms with Crippen LogP contribution in [0.3, 0.4) is 0 Å².